The maximum atomic E-state index is 10.7. The number of carbonyl (C=O) groups is 1. The molecule has 6 heteroatoms. The van der Waals surface area contributed by atoms with E-state index < -0.39 is 0 Å². The molecule has 68 valence electrons. The minimum atomic E-state index is -0.223. The molecule has 1 amide bonds. The van der Waals surface area contributed by atoms with E-state index in [4.69, 9.17) is 11.6 Å². The van der Waals surface area contributed by atoms with E-state index in [2.05, 4.69) is 10.4 Å². The van der Waals surface area contributed by atoms with Crippen molar-refractivity contribution in [2.45, 2.75) is 0 Å². The van der Waals surface area contributed by atoms with E-state index >= 15 is 0 Å². The van der Waals surface area contributed by atoms with Crippen LogP contribution in [-0.4, -0.2) is 21.6 Å². The van der Waals surface area contributed by atoms with Gasteiger partial charge in [-0.2, -0.15) is 5.10 Å². The van der Waals surface area contributed by atoms with E-state index in [0.717, 1.165) is 0 Å². The van der Waals surface area contributed by atoms with Crippen molar-refractivity contribution in [1.29, 1.82) is 0 Å². The van der Waals surface area contributed by atoms with Gasteiger partial charge in [0.15, 0.2) is 0 Å². The van der Waals surface area contributed by atoms with Gasteiger partial charge in [-0.25, -0.2) is 0 Å². The van der Waals surface area contributed by atoms with Crippen molar-refractivity contribution in [3.63, 3.8) is 0 Å². The van der Waals surface area contributed by atoms with Crippen LogP contribution in [0, 0.1) is 0 Å². The molecule has 1 rings (SSSR count). The summed E-state index contributed by atoms with van der Waals surface area (Å²) in [6.07, 6.45) is 3.26. The molecule has 0 saturated carbocycles. The summed E-state index contributed by atoms with van der Waals surface area (Å²) in [6, 6.07) is 0. The number of halogens is 2. The molecule has 0 fully saturated rings. The second-order valence-corrected chi connectivity index (χ2v) is 2.35. The van der Waals surface area contributed by atoms with Gasteiger partial charge < -0.3 is 5.32 Å². The molecule has 0 aromatic carbocycles. The quantitative estimate of drug-likeness (QED) is 0.740. The third-order valence-electron chi connectivity index (χ3n) is 1.11. The summed E-state index contributed by atoms with van der Waals surface area (Å²) in [7, 11) is 1.77. The normalized spacial score (nSPS) is 8.83. The zero-order valence-corrected chi connectivity index (χ0v) is 8.02. The Bertz CT molecular complexity index is 261. The number of nitrogens with one attached hydrogen (secondary N) is 1. The van der Waals surface area contributed by atoms with Crippen LogP contribution in [0.25, 0.3) is 0 Å². The van der Waals surface area contributed by atoms with Crippen LogP contribution in [0.15, 0.2) is 12.4 Å². The first-order valence-corrected chi connectivity index (χ1v) is 3.60. The van der Waals surface area contributed by atoms with E-state index in [9.17, 15) is 4.79 Å². The lowest BCUT2D eigenvalue weighted by Gasteiger charge is -1.95. The molecule has 0 aliphatic heterocycles. The van der Waals surface area contributed by atoms with E-state index in [-0.39, 0.29) is 24.2 Å². The monoisotopic (exact) mass is 209 g/mol. The molecule has 12 heavy (non-hydrogen) atoms. The maximum Gasteiger partial charge on any atom is 0.239 e. The largest absolute Gasteiger partial charge is 0.322 e. The highest BCUT2D eigenvalue weighted by Gasteiger charge is 2.00. The average Bonchev–Trinajstić information content (AvgIpc) is 2.35. The van der Waals surface area contributed by atoms with Gasteiger partial charge >= 0.3 is 0 Å². The van der Waals surface area contributed by atoms with Gasteiger partial charge in [0.05, 0.1) is 11.9 Å². The van der Waals surface area contributed by atoms with Crippen molar-refractivity contribution >= 4 is 35.6 Å². The molecular formula is C6H9Cl2N3O. The number of amides is 1. The Morgan fingerprint density at radius 2 is 2.50 bits per heavy atom. The maximum absolute atomic E-state index is 10.7. The van der Waals surface area contributed by atoms with E-state index in [1.54, 1.807) is 24.1 Å². The highest BCUT2D eigenvalue weighted by Crippen LogP contribution is 2.02. The smallest absolute Gasteiger partial charge is 0.239 e. The SMILES string of the molecule is Cl.Cn1cc(NC(=O)CCl)cn1. The second-order valence-electron chi connectivity index (χ2n) is 2.08. The van der Waals surface area contributed by atoms with Crippen LogP contribution >= 0.6 is 24.0 Å². The van der Waals surface area contributed by atoms with Crippen LogP contribution in [0.3, 0.4) is 0 Å². The average molecular weight is 210 g/mol. The molecule has 0 radical (unpaired) electrons. The summed E-state index contributed by atoms with van der Waals surface area (Å²) in [6.45, 7) is 0. The van der Waals surface area contributed by atoms with E-state index in [0.29, 0.717) is 5.69 Å². The molecular weight excluding hydrogens is 201 g/mol. The van der Waals surface area contributed by atoms with Crippen molar-refractivity contribution in [1.82, 2.24) is 9.78 Å². The summed E-state index contributed by atoms with van der Waals surface area (Å²) < 4.78 is 1.60. The Labute approximate surface area is 81.3 Å². The molecule has 4 nitrogen and oxygen atoms in total. The lowest BCUT2D eigenvalue weighted by molar-refractivity contribution is -0.113. The fraction of sp³-hybridized carbons (Fsp3) is 0.333. The standard InChI is InChI=1S/C6H8ClN3O.ClH/c1-10-4-5(3-8-10)9-6(11)2-7;/h3-4H,2H2,1H3,(H,9,11);1H. The second kappa shape index (κ2) is 5.00. The predicted molar refractivity (Wildman–Crippen MR) is 49.8 cm³/mol. The number of carbonyl (C=O) groups excluding carboxylic acids is 1. The number of alkyl halides is 1. The highest BCUT2D eigenvalue weighted by atomic mass is 35.5. The van der Waals surface area contributed by atoms with Gasteiger partial charge in [0.2, 0.25) is 5.91 Å². The van der Waals surface area contributed by atoms with Crippen LogP contribution in [0.4, 0.5) is 5.69 Å². The third-order valence-corrected chi connectivity index (χ3v) is 1.35. The molecule has 0 saturated heterocycles. The zero-order chi connectivity index (χ0) is 8.27. The lowest BCUT2D eigenvalue weighted by atomic mass is 10.5. The first-order chi connectivity index (χ1) is 5.22. The Morgan fingerprint density at radius 1 is 1.83 bits per heavy atom. The van der Waals surface area contributed by atoms with E-state index in [1.807, 2.05) is 0 Å². The van der Waals surface area contributed by atoms with Crippen molar-refractivity contribution in [2.75, 3.05) is 11.2 Å². The summed E-state index contributed by atoms with van der Waals surface area (Å²) in [4.78, 5) is 10.7. The number of rotatable bonds is 2. The van der Waals surface area contributed by atoms with Gasteiger partial charge in [0.1, 0.15) is 5.88 Å². The number of nitrogens with zero attached hydrogens (tertiary/aromatic N) is 2. The lowest BCUT2D eigenvalue weighted by Crippen LogP contribution is -2.11. The van der Waals surface area contributed by atoms with Crippen molar-refractivity contribution < 1.29 is 4.79 Å². The molecule has 0 bridgehead atoms. The first-order valence-electron chi connectivity index (χ1n) is 3.07. The Kier molecular flexibility index (Phi) is 4.70. The van der Waals surface area contributed by atoms with Gasteiger partial charge in [-0.1, -0.05) is 0 Å². The molecule has 0 aliphatic rings. The fourth-order valence-electron chi connectivity index (χ4n) is 0.680. The topological polar surface area (TPSA) is 46.9 Å². The molecule has 1 N–H and O–H groups in total. The number of aromatic nitrogens is 2. The first kappa shape index (κ1) is 11.3. The zero-order valence-electron chi connectivity index (χ0n) is 6.45. The van der Waals surface area contributed by atoms with Gasteiger partial charge in [0.25, 0.3) is 0 Å². The molecule has 0 atom stereocenters. The minimum absolute atomic E-state index is 0. The van der Waals surface area contributed by atoms with Crippen molar-refractivity contribution in [3.05, 3.63) is 12.4 Å². The van der Waals surface area contributed by atoms with Crippen molar-refractivity contribution in [3.8, 4) is 0 Å². The molecule has 0 unspecified atom stereocenters. The third kappa shape index (κ3) is 3.11. The van der Waals surface area contributed by atoms with Crippen LogP contribution < -0.4 is 5.32 Å². The fourth-order valence-corrected chi connectivity index (χ4v) is 0.747. The van der Waals surface area contributed by atoms with Crippen LogP contribution in [0.5, 0.6) is 0 Å². The van der Waals surface area contributed by atoms with Crippen LogP contribution in [0.2, 0.25) is 0 Å². The highest BCUT2D eigenvalue weighted by molar-refractivity contribution is 6.29. The number of anilines is 1. The predicted octanol–water partition coefficient (Wildman–Crippen LogP) is 1.02. The van der Waals surface area contributed by atoms with Gasteiger partial charge in [-0.3, -0.25) is 9.48 Å². The molecule has 1 aromatic rings. The molecule has 0 aliphatic carbocycles. The molecule has 0 spiro atoms. The van der Waals surface area contributed by atoms with Gasteiger partial charge in [-0.15, -0.1) is 24.0 Å². The molecule has 1 heterocycles. The summed E-state index contributed by atoms with van der Waals surface area (Å²) in [5.41, 5.74) is 0.665. The number of aryl methyl sites for hydroxylation is 1. The van der Waals surface area contributed by atoms with E-state index in [1.165, 1.54) is 0 Å². The molecule has 1 aromatic heterocycles. The summed E-state index contributed by atoms with van der Waals surface area (Å²) >= 11 is 5.27. The van der Waals surface area contributed by atoms with Crippen LogP contribution in [-0.2, 0) is 11.8 Å². The summed E-state index contributed by atoms with van der Waals surface area (Å²) in [5, 5.41) is 6.42. The summed E-state index contributed by atoms with van der Waals surface area (Å²) in [5.74, 6) is -0.255. The Morgan fingerprint density at radius 3 is 2.92 bits per heavy atom. The number of hydrogen-bond donors (Lipinski definition) is 1. The Balaban J connectivity index is 0.00000121. The Hall–Kier alpha value is -0.740. The minimum Gasteiger partial charge on any atom is -0.322 e. The van der Waals surface area contributed by atoms with Gasteiger partial charge in [-0.05, 0) is 0 Å². The van der Waals surface area contributed by atoms with Crippen LogP contribution in [0.1, 0.15) is 0 Å². The number of hydrogen-bond acceptors (Lipinski definition) is 2. The van der Waals surface area contributed by atoms with Gasteiger partial charge in [0, 0.05) is 13.2 Å². The van der Waals surface area contributed by atoms with Crippen molar-refractivity contribution in [2.24, 2.45) is 7.05 Å².